The fraction of sp³-hybridized carbons (Fsp3) is 0.393. The van der Waals surface area contributed by atoms with Gasteiger partial charge < -0.3 is 19.9 Å². The van der Waals surface area contributed by atoms with E-state index in [2.05, 4.69) is 29.6 Å². The zero-order valence-electron chi connectivity index (χ0n) is 20.4. The van der Waals surface area contributed by atoms with Gasteiger partial charge in [0.05, 0.1) is 12.3 Å². The highest BCUT2D eigenvalue weighted by atomic mass is 16.5. The lowest BCUT2D eigenvalue weighted by molar-refractivity contribution is 0.0943. The summed E-state index contributed by atoms with van der Waals surface area (Å²) in [5.74, 6) is 0.992. The van der Waals surface area contributed by atoms with Gasteiger partial charge in [0.25, 0.3) is 11.8 Å². The van der Waals surface area contributed by atoms with Crippen LogP contribution in [0.5, 0.6) is 5.75 Å². The molecule has 4 rings (SSSR count). The van der Waals surface area contributed by atoms with Crippen LogP contribution in [0.25, 0.3) is 0 Å². The number of carbonyl (C=O) groups is 2. The molecule has 2 bridgehead atoms. The average Bonchev–Trinajstić information content (AvgIpc) is 3.28. The molecule has 0 atom stereocenters. The quantitative estimate of drug-likeness (QED) is 0.559. The summed E-state index contributed by atoms with van der Waals surface area (Å²) in [6.45, 7) is 5.85. The molecule has 0 saturated carbocycles. The first kappa shape index (κ1) is 24.5. The van der Waals surface area contributed by atoms with Gasteiger partial charge >= 0.3 is 0 Å². The molecular weight excluding hydrogens is 442 g/mol. The standard InChI is InChI=1S/C28H33N3O4/c1-19(2)13-25-24(18-35-31-25)17-30-28(33)22-9-10-26-23(16-22)15-20-7-6-8-21(14-20)27(32)29-11-4-3-5-12-34-26/h6-10,14,16,18-19H,3-5,11-13,15,17H2,1-2H3,(H,29,32)(H,30,33). The molecule has 35 heavy (non-hydrogen) atoms. The number of ether oxygens (including phenoxy) is 1. The van der Waals surface area contributed by atoms with Gasteiger partial charge in [-0.15, -0.1) is 0 Å². The molecular formula is C28H33N3O4. The smallest absolute Gasteiger partial charge is 0.251 e. The number of fused-ring (bicyclic) bond motifs is 3. The largest absolute Gasteiger partial charge is 0.493 e. The van der Waals surface area contributed by atoms with Gasteiger partial charge in [-0.1, -0.05) is 31.1 Å². The second-order valence-electron chi connectivity index (χ2n) is 9.43. The second-order valence-corrected chi connectivity index (χ2v) is 9.43. The predicted molar refractivity (Wildman–Crippen MR) is 134 cm³/mol. The normalized spacial score (nSPS) is 14.4. The number of nitrogens with one attached hydrogen (secondary N) is 2. The Balaban J connectivity index is 1.53. The lowest BCUT2D eigenvalue weighted by Crippen LogP contribution is -2.24. The highest BCUT2D eigenvalue weighted by Gasteiger charge is 2.15. The molecule has 0 aliphatic carbocycles. The van der Waals surface area contributed by atoms with E-state index in [1.165, 1.54) is 0 Å². The molecule has 3 aromatic rings. The first-order valence-corrected chi connectivity index (χ1v) is 12.3. The van der Waals surface area contributed by atoms with Crippen molar-refractivity contribution in [3.05, 3.63) is 82.2 Å². The van der Waals surface area contributed by atoms with Crippen LogP contribution in [0.15, 0.2) is 53.3 Å². The third-order valence-corrected chi connectivity index (χ3v) is 6.04. The molecule has 2 N–H and O–H groups in total. The van der Waals surface area contributed by atoms with Gasteiger partial charge in [-0.2, -0.15) is 0 Å². The Bertz CT molecular complexity index is 1170. The molecule has 0 radical (unpaired) electrons. The van der Waals surface area contributed by atoms with Crippen molar-refractivity contribution in [3.63, 3.8) is 0 Å². The van der Waals surface area contributed by atoms with Crippen LogP contribution < -0.4 is 15.4 Å². The van der Waals surface area contributed by atoms with E-state index < -0.39 is 0 Å². The molecule has 2 aromatic carbocycles. The molecule has 2 heterocycles. The van der Waals surface area contributed by atoms with Crippen molar-refractivity contribution in [3.8, 4) is 5.75 Å². The van der Waals surface area contributed by atoms with E-state index in [4.69, 9.17) is 9.26 Å². The predicted octanol–water partition coefficient (Wildman–Crippen LogP) is 4.69. The summed E-state index contributed by atoms with van der Waals surface area (Å²) in [4.78, 5) is 25.5. The van der Waals surface area contributed by atoms with Crippen LogP contribution in [0.1, 0.15) is 76.2 Å². The van der Waals surface area contributed by atoms with Gasteiger partial charge in [0.15, 0.2) is 0 Å². The highest BCUT2D eigenvalue weighted by molar-refractivity contribution is 5.95. The number of carbonyl (C=O) groups excluding carboxylic acids is 2. The molecule has 0 unspecified atom stereocenters. The maximum absolute atomic E-state index is 13.0. The van der Waals surface area contributed by atoms with Crippen molar-refractivity contribution in [1.82, 2.24) is 15.8 Å². The lowest BCUT2D eigenvalue weighted by atomic mass is 9.99. The first-order valence-electron chi connectivity index (χ1n) is 12.3. The summed E-state index contributed by atoms with van der Waals surface area (Å²) in [5.41, 5.74) is 4.87. The average molecular weight is 476 g/mol. The minimum Gasteiger partial charge on any atom is -0.493 e. The molecule has 1 aromatic heterocycles. The summed E-state index contributed by atoms with van der Waals surface area (Å²) >= 11 is 0. The van der Waals surface area contributed by atoms with E-state index in [0.717, 1.165) is 53.8 Å². The number of amides is 2. The molecule has 0 spiro atoms. The fourth-order valence-electron chi connectivity index (χ4n) is 4.19. The van der Waals surface area contributed by atoms with Gasteiger partial charge in [-0.25, -0.2) is 0 Å². The molecule has 1 aliphatic heterocycles. The van der Waals surface area contributed by atoms with Gasteiger partial charge in [-0.3, -0.25) is 9.59 Å². The molecule has 0 fully saturated rings. The van der Waals surface area contributed by atoms with E-state index in [9.17, 15) is 9.59 Å². The van der Waals surface area contributed by atoms with Gasteiger partial charge in [-0.05, 0) is 73.1 Å². The van der Waals surface area contributed by atoms with E-state index in [-0.39, 0.29) is 11.8 Å². The van der Waals surface area contributed by atoms with Crippen molar-refractivity contribution in [2.45, 2.75) is 52.5 Å². The highest BCUT2D eigenvalue weighted by Crippen LogP contribution is 2.25. The minimum atomic E-state index is -0.169. The zero-order chi connectivity index (χ0) is 24.6. The summed E-state index contributed by atoms with van der Waals surface area (Å²) < 4.78 is 11.2. The SMILES string of the molecule is CC(C)Cc1nocc1CNC(=O)c1ccc2c(c1)Cc1cccc(c1)C(=O)NCCCCCO2. The number of aromatic nitrogens is 1. The van der Waals surface area contributed by atoms with E-state index in [0.29, 0.717) is 43.2 Å². The van der Waals surface area contributed by atoms with Crippen molar-refractivity contribution in [2.24, 2.45) is 5.92 Å². The number of benzene rings is 2. The Kier molecular flexibility index (Phi) is 8.19. The van der Waals surface area contributed by atoms with Crippen molar-refractivity contribution in [1.29, 1.82) is 0 Å². The fourth-order valence-corrected chi connectivity index (χ4v) is 4.19. The number of hydrogen-bond acceptors (Lipinski definition) is 5. The van der Waals surface area contributed by atoms with E-state index in [1.54, 1.807) is 12.3 Å². The number of hydrogen-bond donors (Lipinski definition) is 2. The molecule has 2 amide bonds. The van der Waals surface area contributed by atoms with Gasteiger partial charge in [0.1, 0.15) is 12.0 Å². The van der Waals surface area contributed by atoms with Crippen molar-refractivity contribution in [2.75, 3.05) is 13.2 Å². The summed E-state index contributed by atoms with van der Waals surface area (Å²) in [6, 6.07) is 13.2. The first-order chi connectivity index (χ1) is 17.0. The van der Waals surface area contributed by atoms with Crippen LogP contribution in [0, 0.1) is 5.92 Å². The third-order valence-electron chi connectivity index (χ3n) is 6.04. The monoisotopic (exact) mass is 475 g/mol. The molecule has 7 nitrogen and oxygen atoms in total. The number of nitrogens with zero attached hydrogens (tertiary/aromatic N) is 1. The second kappa shape index (κ2) is 11.7. The summed E-state index contributed by atoms with van der Waals surface area (Å²) in [6.07, 6.45) is 5.74. The molecule has 184 valence electrons. The lowest BCUT2D eigenvalue weighted by Gasteiger charge is -2.15. The molecule has 1 aliphatic rings. The summed E-state index contributed by atoms with van der Waals surface area (Å²) in [7, 11) is 0. The maximum atomic E-state index is 13.0. The minimum absolute atomic E-state index is 0.0564. The Hall–Kier alpha value is -3.61. The van der Waals surface area contributed by atoms with E-state index in [1.807, 2.05) is 36.4 Å². The van der Waals surface area contributed by atoms with Crippen LogP contribution in [0.3, 0.4) is 0 Å². The zero-order valence-corrected chi connectivity index (χ0v) is 20.4. The van der Waals surface area contributed by atoms with Gasteiger partial charge in [0.2, 0.25) is 0 Å². The third kappa shape index (κ3) is 6.72. The Morgan fingerprint density at radius 1 is 1.14 bits per heavy atom. The number of rotatable bonds is 5. The molecule has 7 heteroatoms. The topological polar surface area (TPSA) is 93.5 Å². The van der Waals surface area contributed by atoms with Crippen molar-refractivity contribution < 1.29 is 18.8 Å². The van der Waals surface area contributed by atoms with Crippen molar-refractivity contribution >= 4 is 11.8 Å². The van der Waals surface area contributed by atoms with Crippen LogP contribution in [-0.2, 0) is 19.4 Å². The molecule has 0 saturated heterocycles. The van der Waals surface area contributed by atoms with E-state index >= 15 is 0 Å². The van der Waals surface area contributed by atoms with Crippen LogP contribution in [0.4, 0.5) is 0 Å². The van der Waals surface area contributed by atoms with Crippen LogP contribution in [-0.4, -0.2) is 30.1 Å². The Morgan fingerprint density at radius 2 is 2.03 bits per heavy atom. The van der Waals surface area contributed by atoms with Crippen LogP contribution in [0.2, 0.25) is 0 Å². The Labute approximate surface area is 206 Å². The maximum Gasteiger partial charge on any atom is 0.251 e. The van der Waals surface area contributed by atoms with Crippen LogP contribution >= 0.6 is 0 Å². The Morgan fingerprint density at radius 3 is 2.89 bits per heavy atom. The van der Waals surface area contributed by atoms with Gasteiger partial charge in [0, 0.05) is 36.2 Å². The summed E-state index contributed by atoms with van der Waals surface area (Å²) in [5, 5.41) is 10.0.